The lowest BCUT2D eigenvalue weighted by Gasteiger charge is -2.33. The molecule has 114 valence electrons. The Bertz CT molecular complexity index is 520. The lowest BCUT2D eigenvalue weighted by molar-refractivity contribution is -0.158. The first kappa shape index (κ1) is 15.4. The van der Waals surface area contributed by atoms with Crippen molar-refractivity contribution in [3.8, 4) is 0 Å². The van der Waals surface area contributed by atoms with Crippen LogP contribution in [0.25, 0.3) is 0 Å². The number of hydrogen-bond donors (Lipinski definition) is 2. The molecule has 1 heterocycles. The van der Waals surface area contributed by atoms with E-state index in [1.807, 2.05) is 0 Å². The molecule has 0 radical (unpaired) electrons. The van der Waals surface area contributed by atoms with Crippen LogP contribution in [0, 0.1) is 5.82 Å². The second-order valence-corrected chi connectivity index (χ2v) is 4.79. The second kappa shape index (κ2) is 6.64. The molecule has 0 spiro atoms. The summed E-state index contributed by atoms with van der Waals surface area (Å²) >= 11 is 0. The van der Waals surface area contributed by atoms with Gasteiger partial charge in [-0.25, -0.2) is 4.39 Å². The van der Waals surface area contributed by atoms with Gasteiger partial charge in [-0.3, -0.25) is 9.59 Å². The number of hydrogen-bond acceptors (Lipinski definition) is 4. The zero-order valence-corrected chi connectivity index (χ0v) is 11.6. The molecule has 0 aliphatic carbocycles. The molecule has 1 aromatic rings. The Morgan fingerprint density at radius 2 is 2.10 bits per heavy atom. The van der Waals surface area contributed by atoms with Gasteiger partial charge in [-0.15, -0.1) is 0 Å². The van der Waals surface area contributed by atoms with E-state index in [-0.39, 0.29) is 24.6 Å². The summed E-state index contributed by atoms with van der Waals surface area (Å²) < 4.78 is 17.8. The van der Waals surface area contributed by atoms with E-state index in [0.717, 1.165) is 0 Å². The summed E-state index contributed by atoms with van der Waals surface area (Å²) in [6.07, 6.45) is -1.00. The summed E-state index contributed by atoms with van der Waals surface area (Å²) in [4.78, 5) is 25.4. The van der Waals surface area contributed by atoms with Crippen LogP contribution in [0.4, 0.5) is 4.39 Å². The Balaban J connectivity index is 1.96. The average Bonchev–Trinajstić information content (AvgIpc) is 2.47. The van der Waals surface area contributed by atoms with Gasteiger partial charge in [-0.05, 0) is 31.2 Å². The smallest absolute Gasteiger partial charge is 0.251 e. The molecule has 1 aliphatic heterocycles. The van der Waals surface area contributed by atoms with Gasteiger partial charge in [0.15, 0.2) is 6.23 Å². The molecule has 6 nitrogen and oxygen atoms in total. The monoisotopic (exact) mass is 296 g/mol. The minimum atomic E-state index is -1.00. The lowest BCUT2D eigenvalue weighted by Crippen LogP contribution is -2.55. The molecule has 2 N–H and O–H groups in total. The van der Waals surface area contributed by atoms with Crippen LogP contribution < -0.4 is 5.32 Å². The first-order valence-electron chi connectivity index (χ1n) is 6.62. The average molecular weight is 296 g/mol. The van der Waals surface area contributed by atoms with E-state index in [2.05, 4.69) is 5.32 Å². The Morgan fingerprint density at radius 1 is 1.43 bits per heavy atom. The van der Waals surface area contributed by atoms with Crippen LogP contribution in [0.3, 0.4) is 0 Å². The van der Waals surface area contributed by atoms with Gasteiger partial charge in [0.25, 0.3) is 5.91 Å². The lowest BCUT2D eigenvalue weighted by atomic mass is 10.2. The summed E-state index contributed by atoms with van der Waals surface area (Å²) in [6, 6.07) is 4.23. The third-order valence-electron chi connectivity index (χ3n) is 3.21. The highest BCUT2D eigenvalue weighted by molar-refractivity contribution is 5.97. The van der Waals surface area contributed by atoms with E-state index in [1.54, 1.807) is 0 Å². The molecule has 0 saturated carbocycles. The number of rotatable bonds is 3. The Labute approximate surface area is 121 Å². The highest BCUT2D eigenvalue weighted by Gasteiger charge is 2.29. The molecule has 0 bridgehead atoms. The van der Waals surface area contributed by atoms with Crippen molar-refractivity contribution in [3.63, 3.8) is 0 Å². The third kappa shape index (κ3) is 3.77. The van der Waals surface area contributed by atoms with Crippen molar-refractivity contribution in [1.82, 2.24) is 10.2 Å². The van der Waals surface area contributed by atoms with E-state index in [4.69, 9.17) is 4.74 Å². The number of halogens is 1. The Kier molecular flexibility index (Phi) is 4.87. The van der Waals surface area contributed by atoms with Gasteiger partial charge >= 0.3 is 0 Å². The van der Waals surface area contributed by atoms with E-state index in [0.29, 0.717) is 6.61 Å². The van der Waals surface area contributed by atoms with Gasteiger partial charge in [0.1, 0.15) is 11.9 Å². The van der Waals surface area contributed by atoms with E-state index in [9.17, 15) is 19.1 Å². The van der Waals surface area contributed by atoms with Crippen LogP contribution in [0.2, 0.25) is 0 Å². The largest absolute Gasteiger partial charge is 0.375 e. The predicted octanol–water partition coefficient (Wildman–Crippen LogP) is 0.121. The third-order valence-corrected chi connectivity index (χ3v) is 3.21. The minimum absolute atomic E-state index is 0.0599. The molecular weight excluding hydrogens is 279 g/mol. The van der Waals surface area contributed by atoms with Crippen molar-refractivity contribution in [3.05, 3.63) is 35.6 Å². The number of carbonyl (C=O) groups excluding carboxylic acids is 2. The Morgan fingerprint density at radius 3 is 2.71 bits per heavy atom. The van der Waals surface area contributed by atoms with Gasteiger partial charge in [-0.2, -0.15) is 0 Å². The quantitative estimate of drug-likeness (QED) is 0.830. The van der Waals surface area contributed by atoms with Crippen LogP contribution in [0.15, 0.2) is 24.3 Å². The van der Waals surface area contributed by atoms with Crippen molar-refractivity contribution in [1.29, 1.82) is 0 Å². The second-order valence-electron chi connectivity index (χ2n) is 4.79. The standard InChI is InChI=1S/C14H17FN2O4/c1-9(14(20)17-6-7-21-8-12(17)18)16-13(19)10-2-4-11(15)5-3-10/h2-5,9,12,18H,6-8H2,1H3,(H,16,19). The van der Waals surface area contributed by atoms with Crippen molar-refractivity contribution in [2.75, 3.05) is 19.8 Å². The molecule has 2 unspecified atom stereocenters. The number of benzene rings is 1. The summed E-state index contributed by atoms with van der Waals surface area (Å²) in [7, 11) is 0. The van der Waals surface area contributed by atoms with Crippen molar-refractivity contribution < 1.29 is 23.8 Å². The molecule has 1 aromatic carbocycles. The van der Waals surface area contributed by atoms with Crippen LogP contribution in [0.1, 0.15) is 17.3 Å². The van der Waals surface area contributed by atoms with Gasteiger partial charge in [0, 0.05) is 12.1 Å². The fraction of sp³-hybridized carbons (Fsp3) is 0.429. The maximum Gasteiger partial charge on any atom is 0.251 e. The highest BCUT2D eigenvalue weighted by Crippen LogP contribution is 2.08. The van der Waals surface area contributed by atoms with Gasteiger partial charge < -0.3 is 20.1 Å². The van der Waals surface area contributed by atoms with Crippen molar-refractivity contribution in [2.45, 2.75) is 19.2 Å². The van der Waals surface area contributed by atoms with Crippen LogP contribution in [-0.2, 0) is 9.53 Å². The fourth-order valence-electron chi connectivity index (χ4n) is 2.04. The number of aliphatic hydroxyl groups is 1. The van der Waals surface area contributed by atoms with Crippen LogP contribution in [0.5, 0.6) is 0 Å². The van der Waals surface area contributed by atoms with E-state index in [1.165, 1.54) is 36.1 Å². The Hall–Kier alpha value is -1.99. The molecular formula is C14H17FN2O4. The first-order valence-corrected chi connectivity index (χ1v) is 6.62. The summed E-state index contributed by atoms with van der Waals surface area (Å²) in [5.41, 5.74) is 0.263. The number of aliphatic hydroxyl groups excluding tert-OH is 1. The minimum Gasteiger partial charge on any atom is -0.375 e. The zero-order chi connectivity index (χ0) is 15.4. The molecule has 1 saturated heterocycles. The number of nitrogens with zero attached hydrogens (tertiary/aromatic N) is 1. The molecule has 1 fully saturated rings. The van der Waals surface area contributed by atoms with Gasteiger partial charge in [-0.1, -0.05) is 0 Å². The molecule has 0 aromatic heterocycles. The predicted molar refractivity (Wildman–Crippen MR) is 71.9 cm³/mol. The van der Waals surface area contributed by atoms with Gasteiger partial charge in [0.05, 0.1) is 13.2 Å². The molecule has 7 heteroatoms. The number of amides is 2. The molecule has 2 rings (SSSR count). The summed E-state index contributed by atoms with van der Waals surface area (Å²) in [5.74, 6) is -1.30. The summed E-state index contributed by atoms with van der Waals surface area (Å²) in [5, 5.41) is 12.2. The SMILES string of the molecule is CC(NC(=O)c1ccc(F)cc1)C(=O)N1CCOCC1O. The highest BCUT2D eigenvalue weighted by atomic mass is 19.1. The topological polar surface area (TPSA) is 78.9 Å². The number of morpholine rings is 1. The normalized spacial score (nSPS) is 20.0. The molecule has 2 atom stereocenters. The molecule has 21 heavy (non-hydrogen) atoms. The number of carbonyl (C=O) groups is 2. The van der Waals surface area contributed by atoms with Crippen LogP contribution in [-0.4, -0.2) is 53.8 Å². The van der Waals surface area contributed by atoms with Crippen molar-refractivity contribution in [2.24, 2.45) is 0 Å². The number of ether oxygens (including phenoxy) is 1. The van der Waals surface area contributed by atoms with E-state index >= 15 is 0 Å². The summed E-state index contributed by atoms with van der Waals surface area (Å²) in [6.45, 7) is 2.22. The fourth-order valence-corrected chi connectivity index (χ4v) is 2.04. The van der Waals surface area contributed by atoms with Crippen LogP contribution >= 0.6 is 0 Å². The van der Waals surface area contributed by atoms with Gasteiger partial charge in [0.2, 0.25) is 5.91 Å². The maximum absolute atomic E-state index is 12.8. The number of nitrogens with one attached hydrogen (secondary N) is 1. The van der Waals surface area contributed by atoms with Crippen molar-refractivity contribution >= 4 is 11.8 Å². The molecule has 1 aliphatic rings. The molecule has 2 amide bonds. The zero-order valence-electron chi connectivity index (χ0n) is 11.6. The first-order chi connectivity index (χ1) is 9.99. The van der Waals surface area contributed by atoms with E-state index < -0.39 is 24.0 Å². The maximum atomic E-state index is 12.8.